The van der Waals surface area contributed by atoms with Gasteiger partial charge < -0.3 is 9.53 Å². The molecular weight excluding hydrogens is 267 g/mol. The van der Waals surface area contributed by atoms with E-state index in [1.54, 1.807) is 13.0 Å². The van der Waals surface area contributed by atoms with Crippen LogP contribution in [0.1, 0.15) is 64.5 Å². The second-order valence-electron chi connectivity index (χ2n) is 4.99. The second-order valence-corrected chi connectivity index (χ2v) is 4.99. The summed E-state index contributed by atoms with van der Waals surface area (Å²) in [6, 6.07) is 3.60. The fourth-order valence-electron chi connectivity index (χ4n) is 2.00. The lowest BCUT2D eigenvalue weighted by molar-refractivity contribution is -0.117. The molecule has 0 aliphatic rings. The number of benzene rings is 1. The summed E-state index contributed by atoms with van der Waals surface area (Å²) in [5, 5.41) is 0. The van der Waals surface area contributed by atoms with Gasteiger partial charge in [0, 0.05) is 6.42 Å². The van der Waals surface area contributed by atoms with Crippen LogP contribution in [0.5, 0.6) is 5.75 Å². The zero-order valence-electron chi connectivity index (χ0n) is 14.1. The minimum Gasteiger partial charge on any atom is -0.491 e. The first-order valence-electron chi connectivity index (χ1n) is 7.95. The molecule has 0 fully saturated rings. The Hall–Kier alpha value is -1.38. The van der Waals surface area contributed by atoms with Crippen LogP contribution in [-0.4, -0.2) is 12.4 Å². The molecule has 0 saturated carbocycles. The van der Waals surface area contributed by atoms with Gasteiger partial charge in [0.25, 0.3) is 0 Å². The normalized spacial score (nSPS) is 9.81. The Balaban J connectivity index is 0.00000191. The fourth-order valence-corrected chi connectivity index (χ4v) is 2.00. The Morgan fingerprint density at radius 1 is 1.24 bits per heavy atom. The number of hydrogen-bond donors (Lipinski definition) is 0. The summed E-state index contributed by atoms with van der Waals surface area (Å²) in [5.74, 6) is 0.293. The van der Waals surface area contributed by atoms with Crippen LogP contribution in [0.25, 0.3) is 0 Å². The summed E-state index contributed by atoms with van der Waals surface area (Å²) in [6.45, 7) is 10.1. The first-order valence-corrected chi connectivity index (χ1v) is 7.95. The van der Waals surface area contributed by atoms with Crippen LogP contribution >= 0.6 is 0 Å². The zero-order chi connectivity index (χ0) is 16.3. The van der Waals surface area contributed by atoms with Gasteiger partial charge in [0.2, 0.25) is 0 Å². The third-order valence-electron chi connectivity index (χ3n) is 2.95. The number of rotatable bonds is 8. The van der Waals surface area contributed by atoms with Crippen molar-refractivity contribution in [3.8, 4) is 5.75 Å². The van der Waals surface area contributed by atoms with Crippen molar-refractivity contribution in [3.63, 3.8) is 0 Å². The molecular formula is C18H29FO2. The van der Waals surface area contributed by atoms with Gasteiger partial charge in [-0.25, -0.2) is 4.39 Å². The third kappa shape index (κ3) is 7.84. The van der Waals surface area contributed by atoms with E-state index in [0.717, 1.165) is 24.8 Å². The molecule has 0 atom stereocenters. The topological polar surface area (TPSA) is 26.3 Å². The molecule has 0 saturated heterocycles. The van der Waals surface area contributed by atoms with E-state index < -0.39 is 0 Å². The standard InChI is InChI=1S/C16H23FO2.C2H6/c1-4-9-19-15-11-12(2)10-14(16(15)17)8-6-5-7-13(3)18;1-2/h10-11H,4-9H2,1-3H3;1-2H3. The third-order valence-corrected chi connectivity index (χ3v) is 2.95. The van der Waals surface area contributed by atoms with Gasteiger partial charge >= 0.3 is 0 Å². The molecule has 0 aromatic heterocycles. The van der Waals surface area contributed by atoms with Crippen molar-refractivity contribution in [3.05, 3.63) is 29.1 Å². The quantitative estimate of drug-likeness (QED) is 0.612. The van der Waals surface area contributed by atoms with Crippen LogP contribution < -0.4 is 4.74 Å². The number of carbonyl (C=O) groups excluding carboxylic acids is 1. The number of ketones is 1. The van der Waals surface area contributed by atoms with Gasteiger partial charge in [-0.2, -0.15) is 0 Å². The smallest absolute Gasteiger partial charge is 0.168 e. The average molecular weight is 296 g/mol. The highest BCUT2D eigenvalue weighted by atomic mass is 19.1. The van der Waals surface area contributed by atoms with Crippen LogP contribution in [0.3, 0.4) is 0 Å². The number of Topliss-reactive ketones (excluding diaryl/α,β-unsaturated/α-hetero) is 1. The Labute approximate surface area is 128 Å². The first-order chi connectivity index (χ1) is 10.0. The Morgan fingerprint density at radius 2 is 1.90 bits per heavy atom. The summed E-state index contributed by atoms with van der Waals surface area (Å²) in [6.07, 6.45) is 3.73. The Morgan fingerprint density at radius 3 is 2.48 bits per heavy atom. The Bertz CT molecular complexity index is 427. The minimum absolute atomic E-state index is 0.191. The van der Waals surface area contributed by atoms with Crippen molar-refractivity contribution in [2.45, 2.75) is 66.7 Å². The number of carbonyl (C=O) groups is 1. The molecule has 0 radical (unpaired) electrons. The molecule has 0 spiro atoms. The van der Waals surface area contributed by atoms with Crippen LogP contribution in [0.15, 0.2) is 12.1 Å². The maximum Gasteiger partial charge on any atom is 0.168 e. The minimum atomic E-state index is -0.248. The molecule has 2 nitrogen and oxygen atoms in total. The highest BCUT2D eigenvalue weighted by Crippen LogP contribution is 2.24. The fraction of sp³-hybridized carbons (Fsp3) is 0.611. The van der Waals surface area contributed by atoms with Crippen LogP contribution in [0.2, 0.25) is 0 Å². The predicted octanol–water partition coefficient (Wildman–Crippen LogP) is 5.25. The summed E-state index contributed by atoms with van der Waals surface area (Å²) < 4.78 is 19.6. The van der Waals surface area contributed by atoms with Crippen molar-refractivity contribution < 1.29 is 13.9 Å². The summed E-state index contributed by atoms with van der Waals surface area (Å²) in [5.41, 5.74) is 1.70. The maximum atomic E-state index is 14.2. The number of ether oxygens (including phenoxy) is 1. The van der Waals surface area contributed by atoms with Gasteiger partial charge in [-0.05, 0) is 56.7 Å². The lowest BCUT2D eigenvalue weighted by atomic mass is 10.0. The Kier molecular flexibility index (Phi) is 10.6. The predicted molar refractivity (Wildman–Crippen MR) is 86.5 cm³/mol. The van der Waals surface area contributed by atoms with Crippen molar-refractivity contribution >= 4 is 5.78 Å². The summed E-state index contributed by atoms with van der Waals surface area (Å²) >= 11 is 0. The number of aryl methyl sites for hydroxylation is 2. The molecule has 0 bridgehead atoms. The van der Waals surface area contributed by atoms with Crippen LogP contribution in [-0.2, 0) is 11.2 Å². The highest BCUT2D eigenvalue weighted by Gasteiger charge is 2.10. The van der Waals surface area contributed by atoms with Gasteiger partial charge in [-0.15, -0.1) is 0 Å². The lowest BCUT2D eigenvalue weighted by Gasteiger charge is -2.11. The van der Waals surface area contributed by atoms with Gasteiger partial charge in [0.15, 0.2) is 11.6 Å². The van der Waals surface area contributed by atoms with Crippen LogP contribution in [0.4, 0.5) is 4.39 Å². The zero-order valence-corrected chi connectivity index (χ0v) is 14.1. The van der Waals surface area contributed by atoms with Gasteiger partial charge in [-0.1, -0.05) is 26.8 Å². The molecule has 120 valence electrons. The van der Waals surface area contributed by atoms with E-state index in [0.29, 0.717) is 30.8 Å². The highest BCUT2D eigenvalue weighted by molar-refractivity contribution is 5.75. The SMILES string of the molecule is CC.CCCOc1cc(C)cc(CCCCC(C)=O)c1F. The van der Waals surface area contributed by atoms with Crippen molar-refractivity contribution in [1.82, 2.24) is 0 Å². The van der Waals surface area contributed by atoms with E-state index in [-0.39, 0.29) is 11.6 Å². The molecule has 3 heteroatoms. The van der Waals surface area contributed by atoms with Gasteiger partial charge in [0.05, 0.1) is 6.61 Å². The van der Waals surface area contributed by atoms with E-state index in [1.807, 2.05) is 33.8 Å². The molecule has 0 heterocycles. The lowest BCUT2D eigenvalue weighted by Crippen LogP contribution is -2.02. The van der Waals surface area contributed by atoms with E-state index in [4.69, 9.17) is 4.74 Å². The van der Waals surface area contributed by atoms with Gasteiger partial charge in [0.1, 0.15) is 5.78 Å². The van der Waals surface area contributed by atoms with E-state index in [9.17, 15) is 9.18 Å². The van der Waals surface area contributed by atoms with E-state index >= 15 is 0 Å². The molecule has 1 rings (SSSR count). The molecule has 0 aliphatic carbocycles. The molecule has 0 aliphatic heterocycles. The van der Waals surface area contributed by atoms with E-state index in [1.165, 1.54) is 0 Å². The molecule has 1 aromatic rings. The number of hydrogen-bond acceptors (Lipinski definition) is 2. The van der Waals surface area contributed by atoms with Crippen molar-refractivity contribution in [2.75, 3.05) is 6.61 Å². The van der Waals surface area contributed by atoms with Crippen molar-refractivity contribution in [2.24, 2.45) is 0 Å². The largest absolute Gasteiger partial charge is 0.491 e. The number of halogens is 1. The summed E-state index contributed by atoms with van der Waals surface area (Å²) in [7, 11) is 0. The molecule has 0 amide bonds. The van der Waals surface area contributed by atoms with Crippen LogP contribution in [0, 0.1) is 12.7 Å². The first kappa shape index (κ1) is 19.6. The van der Waals surface area contributed by atoms with E-state index in [2.05, 4.69) is 0 Å². The monoisotopic (exact) mass is 296 g/mol. The van der Waals surface area contributed by atoms with Crippen molar-refractivity contribution in [1.29, 1.82) is 0 Å². The maximum absolute atomic E-state index is 14.2. The molecule has 1 aromatic carbocycles. The molecule has 21 heavy (non-hydrogen) atoms. The van der Waals surface area contributed by atoms with Gasteiger partial charge in [-0.3, -0.25) is 0 Å². The number of unbranched alkanes of at least 4 members (excludes halogenated alkanes) is 1. The molecule has 0 unspecified atom stereocenters. The molecule has 0 N–H and O–H groups in total. The summed E-state index contributed by atoms with van der Waals surface area (Å²) in [4.78, 5) is 10.9. The second kappa shape index (κ2) is 11.3. The average Bonchev–Trinajstić information content (AvgIpc) is 2.47.